The second-order valence-electron chi connectivity index (χ2n) is 7.58. The van der Waals surface area contributed by atoms with E-state index in [2.05, 4.69) is 70.2 Å². The molecule has 7 nitrogen and oxygen atoms in total. The molecule has 0 bridgehead atoms. The van der Waals surface area contributed by atoms with Gasteiger partial charge in [-0.05, 0) is 65.0 Å². The Balaban J connectivity index is 1.48. The lowest BCUT2D eigenvalue weighted by atomic mass is 9.98. The number of nitrogens with zero attached hydrogens (tertiary/aromatic N) is 5. The first kappa shape index (κ1) is 20.4. The van der Waals surface area contributed by atoms with E-state index in [-0.39, 0.29) is 5.91 Å². The van der Waals surface area contributed by atoms with Crippen LogP contribution in [0.25, 0.3) is 16.8 Å². The maximum Gasteiger partial charge on any atom is 0.251 e. The first-order valence-corrected chi connectivity index (χ1v) is 10.0. The molecule has 3 aromatic carbocycles. The number of hydrogen-bond donors (Lipinski definition) is 1. The maximum atomic E-state index is 12.8. The van der Waals surface area contributed by atoms with E-state index >= 15 is 0 Å². The molecule has 0 aliphatic heterocycles. The predicted molar refractivity (Wildman–Crippen MR) is 120 cm³/mol. The molecule has 7 heteroatoms. The summed E-state index contributed by atoms with van der Waals surface area (Å²) in [7, 11) is 4.12. The van der Waals surface area contributed by atoms with Crippen molar-refractivity contribution in [2.75, 3.05) is 14.1 Å². The monoisotopic (exact) mass is 412 g/mol. The zero-order valence-corrected chi connectivity index (χ0v) is 17.6. The Morgan fingerprint density at radius 3 is 2.55 bits per heavy atom. The third kappa shape index (κ3) is 5.02. The number of carbonyl (C=O) groups excluding carboxylic acids is 1. The number of amides is 1. The number of hydrogen-bond acceptors (Lipinski definition) is 5. The highest BCUT2D eigenvalue weighted by Crippen LogP contribution is 2.24. The average Bonchev–Trinajstić information content (AvgIpc) is 3.33. The van der Waals surface area contributed by atoms with Crippen molar-refractivity contribution in [3.63, 3.8) is 0 Å². The highest BCUT2D eigenvalue weighted by molar-refractivity contribution is 5.94. The molecule has 4 rings (SSSR count). The highest BCUT2D eigenvalue weighted by Gasteiger charge is 2.10. The number of rotatable bonds is 7. The highest BCUT2D eigenvalue weighted by atomic mass is 16.1. The summed E-state index contributed by atoms with van der Waals surface area (Å²) >= 11 is 0. The van der Waals surface area contributed by atoms with E-state index in [0.717, 1.165) is 28.9 Å². The third-order valence-corrected chi connectivity index (χ3v) is 4.94. The molecule has 0 radical (unpaired) electrons. The Hall–Kier alpha value is -3.84. The van der Waals surface area contributed by atoms with Crippen LogP contribution in [0.15, 0.2) is 79.1 Å². The Morgan fingerprint density at radius 2 is 1.81 bits per heavy atom. The van der Waals surface area contributed by atoms with Crippen molar-refractivity contribution >= 4 is 5.91 Å². The molecule has 4 aromatic rings. The topological polar surface area (TPSA) is 75.9 Å². The third-order valence-electron chi connectivity index (χ3n) is 4.94. The minimum Gasteiger partial charge on any atom is -0.348 e. The van der Waals surface area contributed by atoms with Crippen molar-refractivity contribution < 1.29 is 4.79 Å². The van der Waals surface area contributed by atoms with Crippen molar-refractivity contribution in [1.29, 1.82) is 0 Å². The number of tetrazole rings is 1. The molecule has 0 fully saturated rings. The van der Waals surface area contributed by atoms with E-state index in [1.165, 1.54) is 16.6 Å². The van der Waals surface area contributed by atoms with Crippen LogP contribution in [-0.2, 0) is 13.1 Å². The molecule has 0 spiro atoms. The molecule has 0 unspecified atom stereocenters. The molecule has 1 aromatic heterocycles. The number of nitrogens with one attached hydrogen (secondary N) is 1. The minimum absolute atomic E-state index is 0.147. The van der Waals surface area contributed by atoms with Gasteiger partial charge in [-0.15, -0.1) is 5.10 Å². The van der Waals surface area contributed by atoms with Crippen LogP contribution in [0.5, 0.6) is 0 Å². The van der Waals surface area contributed by atoms with Gasteiger partial charge in [0.2, 0.25) is 0 Å². The second-order valence-corrected chi connectivity index (χ2v) is 7.58. The van der Waals surface area contributed by atoms with Crippen molar-refractivity contribution in [1.82, 2.24) is 30.4 Å². The number of aromatic nitrogens is 4. The van der Waals surface area contributed by atoms with Gasteiger partial charge in [-0.3, -0.25) is 4.79 Å². The Bertz CT molecular complexity index is 1150. The summed E-state index contributed by atoms with van der Waals surface area (Å²) in [6, 6.07) is 23.9. The largest absolute Gasteiger partial charge is 0.348 e. The van der Waals surface area contributed by atoms with E-state index in [9.17, 15) is 4.79 Å². The van der Waals surface area contributed by atoms with Crippen LogP contribution < -0.4 is 5.32 Å². The van der Waals surface area contributed by atoms with Crippen molar-refractivity contribution in [2.24, 2.45) is 0 Å². The van der Waals surface area contributed by atoms with Crippen LogP contribution in [-0.4, -0.2) is 45.1 Å². The summed E-state index contributed by atoms with van der Waals surface area (Å²) in [6.07, 6.45) is 1.50. The molecule has 1 N–H and O–H groups in total. The first-order valence-electron chi connectivity index (χ1n) is 10.0. The van der Waals surface area contributed by atoms with E-state index in [4.69, 9.17) is 0 Å². The smallest absolute Gasteiger partial charge is 0.251 e. The van der Waals surface area contributed by atoms with Crippen molar-refractivity contribution in [3.8, 4) is 16.8 Å². The molecule has 0 aliphatic rings. The fraction of sp³-hybridized carbons (Fsp3) is 0.167. The van der Waals surface area contributed by atoms with Crippen LogP contribution in [0.2, 0.25) is 0 Å². The quantitative estimate of drug-likeness (QED) is 0.504. The zero-order chi connectivity index (χ0) is 21.6. The summed E-state index contributed by atoms with van der Waals surface area (Å²) in [4.78, 5) is 14.9. The van der Waals surface area contributed by atoms with Crippen molar-refractivity contribution in [3.05, 3.63) is 95.8 Å². The van der Waals surface area contributed by atoms with Gasteiger partial charge in [0.25, 0.3) is 5.91 Å². The summed E-state index contributed by atoms with van der Waals surface area (Å²) in [6.45, 7) is 1.34. The fourth-order valence-electron chi connectivity index (χ4n) is 3.46. The normalized spacial score (nSPS) is 10.9. The molecule has 0 saturated heterocycles. The average molecular weight is 412 g/mol. The van der Waals surface area contributed by atoms with Gasteiger partial charge in [0.15, 0.2) is 0 Å². The lowest BCUT2D eigenvalue weighted by Gasteiger charge is -2.13. The van der Waals surface area contributed by atoms with Gasteiger partial charge in [-0.2, -0.15) is 0 Å². The van der Waals surface area contributed by atoms with Gasteiger partial charge in [0.05, 0.1) is 5.69 Å². The van der Waals surface area contributed by atoms with Crippen LogP contribution >= 0.6 is 0 Å². The fourth-order valence-corrected chi connectivity index (χ4v) is 3.46. The zero-order valence-electron chi connectivity index (χ0n) is 17.6. The molecule has 0 aliphatic carbocycles. The molecule has 156 valence electrons. The van der Waals surface area contributed by atoms with Gasteiger partial charge < -0.3 is 10.2 Å². The van der Waals surface area contributed by atoms with Crippen LogP contribution in [0, 0.1) is 0 Å². The summed E-state index contributed by atoms with van der Waals surface area (Å²) in [5.74, 6) is -0.147. The van der Waals surface area contributed by atoms with Crippen molar-refractivity contribution in [2.45, 2.75) is 13.1 Å². The van der Waals surface area contributed by atoms with Crippen LogP contribution in [0.1, 0.15) is 21.5 Å². The molecular weight excluding hydrogens is 388 g/mol. The minimum atomic E-state index is -0.147. The maximum absolute atomic E-state index is 12.8. The Labute approximate surface area is 181 Å². The van der Waals surface area contributed by atoms with Gasteiger partial charge >= 0.3 is 0 Å². The predicted octanol–water partition coefficient (Wildman–Crippen LogP) is 3.32. The van der Waals surface area contributed by atoms with E-state index in [1.807, 2.05) is 30.3 Å². The molecule has 1 heterocycles. The first-order chi connectivity index (χ1) is 15.1. The standard InChI is InChI=1S/C24H24N6O/c1-29(2)16-18-10-12-19(13-11-18)23-9-4-3-6-21(23)15-25-24(31)20-7-5-8-22(14-20)30-17-26-27-28-30/h3-14,17H,15-16H2,1-2H3,(H,25,31). The van der Waals surface area contributed by atoms with Gasteiger partial charge in [0.1, 0.15) is 6.33 Å². The molecule has 1 amide bonds. The molecular formula is C24H24N6O. The van der Waals surface area contributed by atoms with E-state index in [0.29, 0.717) is 12.1 Å². The summed E-state index contributed by atoms with van der Waals surface area (Å²) < 4.78 is 1.52. The number of benzene rings is 3. The van der Waals surface area contributed by atoms with Crippen LogP contribution in [0.3, 0.4) is 0 Å². The van der Waals surface area contributed by atoms with E-state index < -0.39 is 0 Å². The van der Waals surface area contributed by atoms with Gasteiger partial charge in [0, 0.05) is 18.7 Å². The SMILES string of the molecule is CN(C)Cc1ccc(-c2ccccc2CNC(=O)c2cccc(-n3cnnn3)c2)cc1. The summed E-state index contributed by atoms with van der Waals surface area (Å²) in [5, 5.41) is 14.2. The molecule has 31 heavy (non-hydrogen) atoms. The second kappa shape index (κ2) is 9.32. The van der Waals surface area contributed by atoms with E-state index in [1.54, 1.807) is 12.1 Å². The Kier molecular flexibility index (Phi) is 6.14. The van der Waals surface area contributed by atoms with Crippen LogP contribution in [0.4, 0.5) is 0 Å². The van der Waals surface area contributed by atoms with Gasteiger partial charge in [-0.1, -0.05) is 54.6 Å². The molecule has 0 saturated carbocycles. The summed E-state index contributed by atoms with van der Waals surface area (Å²) in [5.41, 5.74) is 5.86. The van der Waals surface area contributed by atoms with Gasteiger partial charge in [-0.25, -0.2) is 4.68 Å². The lowest BCUT2D eigenvalue weighted by molar-refractivity contribution is 0.0951. The Morgan fingerprint density at radius 1 is 1.00 bits per heavy atom. The lowest BCUT2D eigenvalue weighted by Crippen LogP contribution is -2.23. The molecule has 0 atom stereocenters. The number of carbonyl (C=O) groups is 1.